The lowest BCUT2D eigenvalue weighted by Crippen LogP contribution is -2.18. The molecule has 1 aromatic carbocycles. The van der Waals surface area contributed by atoms with E-state index in [0.717, 1.165) is 6.92 Å². The van der Waals surface area contributed by atoms with Crippen molar-refractivity contribution in [1.82, 2.24) is 5.16 Å². The molecule has 2 aromatic rings. The van der Waals surface area contributed by atoms with Gasteiger partial charge in [0.05, 0.1) is 16.0 Å². The number of rotatable bonds is 5. The van der Waals surface area contributed by atoms with E-state index in [0.29, 0.717) is 0 Å². The summed E-state index contributed by atoms with van der Waals surface area (Å²) in [6, 6.07) is -0.364. The number of nitrogens with zero attached hydrogens (tertiary/aromatic N) is 1. The number of benzene rings is 1. The second-order valence-electron chi connectivity index (χ2n) is 5.14. The highest BCUT2D eigenvalue weighted by Gasteiger charge is 2.38. The third-order valence-corrected chi connectivity index (χ3v) is 4.47. The maximum Gasteiger partial charge on any atom is 0.416 e. The van der Waals surface area contributed by atoms with Crippen molar-refractivity contribution in [3.8, 4) is 5.88 Å². The zero-order valence-electron chi connectivity index (χ0n) is 13.3. The highest BCUT2D eigenvalue weighted by molar-refractivity contribution is 7.92. The zero-order valence-corrected chi connectivity index (χ0v) is 14.1. The van der Waals surface area contributed by atoms with Crippen molar-refractivity contribution in [2.75, 3.05) is 4.72 Å². The predicted molar refractivity (Wildman–Crippen MR) is 75.1 cm³/mol. The molecule has 1 heterocycles. The summed E-state index contributed by atoms with van der Waals surface area (Å²) in [7, 11) is -5.10. The van der Waals surface area contributed by atoms with E-state index in [1.807, 2.05) is 0 Å². The highest BCUT2D eigenvalue weighted by Crippen LogP contribution is 2.38. The van der Waals surface area contributed by atoms with Crippen molar-refractivity contribution in [1.29, 1.82) is 0 Å². The summed E-state index contributed by atoms with van der Waals surface area (Å²) in [6.07, 6.45) is -10.6. The van der Waals surface area contributed by atoms with Gasteiger partial charge in [-0.15, -0.1) is 0 Å². The van der Waals surface area contributed by atoms with E-state index in [1.54, 1.807) is 0 Å². The highest BCUT2D eigenvalue weighted by atomic mass is 32.2. The largest absolute Gasteiger partial charge is 0.416 e. The molecule has 2 rings (SSSR count). The number of nitrogens with one attached hydrogen (secondary N) is 1. The van der Waals surface area contributed by atoms with Crippen molar-refractivity contribution in [2.24, 2.45) is 0 Å². The van der Waals surface area contributed by atoms with Gasteiger partial charge in [0.1, 0.15) is 0 Å². The average molecular weight is 440 g/mol. The van der Waals surface area contributed by atoms with Gasteiger partial charge in [0.25, 0.3) is 15.9 Å². The first-order valence-electron chi connectivity index (χ1n) is 6.84. The van der Waals surface area contributed by atoms with Crippen LogP contribution >= 0.6 is 0 Å². The number of aromatic nitrogens is 1. The molecule has 0 atom stereocenters. The Balaban J connectivity index is 2.56. The summed E-state index contributed by atoms with van der Waals surface area (Å²) in [6.45, 7) is -2.42. The van der Waals surface area contributed by atoms with Crippen molar-refractivity contribution < 1.29 is 52.8 Å². The van der Waals surface area contributed by atoms with E-state index in [2.05, 4.69) is 14.4 Å². The van der Waals surface area contributed by atoms with Crippen LogP contribution in [0.25, 0.3) is 0 Å². The summed E-state index contributed by atoms with van der Waals surface area (Å²) in [5, 5.41) is 2.98. The SMILES string of the molecule is Cc1onc(OC(F)F)c1NS(=O)(=O)c1cc(C(F)(F)F)cc(C(F)(F)F)c1. The lowest BCUT2D eigenvalue weighted by molar-refractivity contribution is -0.143. The standard InChI is InChI=1S/C13H8F8N2O4S/c1-5-9(10(22-27-5)26-11(14)15)23-28(24,25)8-3-6(12(16,17)18)2-7(4-8)13(19,20)21/h2-4,11,23H,1H3. The normalized spacial score (nSPS) is 13.1. The van der Waals surface area contributed by atoms with Crippen molar-refractivity contribution in [2.45, 2.75) is 30.8 Å². The van der Waals surface area contributed by atoms with Gasteiger partial charge in [0.15, 0.2) is 11.4 Å². The zero-order chi connectivity index (χ0) is 21.5. The topological polar surface area (TPSA) is 81.4 Å². The Morgan fingerprint density at radius 3 is 1.96 bits per heavy atom. The molecule has 6 nitrogen and oxygen atoms in total. The summed E-state index contributed by atoms with van der Waals surface area (Å²) >= 11 is 0. The number of sulfonamides is 1. The van der Waals surface area contributed by atoms with Crippen molar-refractivity contribution in [3.63, 3.8) is 0 Å². The molecule has 0 bridgehead atoms. The molecule has 0 aliphatic carbocycles. The first kappa shape index (κ1) is 21.7. The van der Waals surface area contributed by atoms with E-state index in [9.17, 15) is 43.5 Å². The van der Waals surface area contributed by atoms with Gasteiger partial charge >= 0.3 is 19.0 Å². The van der Waals surface area contributed by atoms with Crippen LogP contribution < -0.4 is 9.46 Å². The molecule has 156 valence electrons. The summed E-state index contributed by atoms with van der Waals surface area (Å²) in [5.41, 5.74) is -4.58. The first-order chi connectivity index (χ1) is 12.6. The number of ether oxygens (including phenoxy) is 1. The minimum Gasteiger partial charge on any atom is -0.412 e. The molecule has 0 saturated carbocycles. The van der Waals surface area contributed by atoms with Gasteiger partial charge in [0, 0.05) is 0 Å². The molecule has 0 amide bonds. The second-order valence-corrected chi connectivity index (χ2v) is 6.83. The predicted octanol–water partition coefficient (Wildman–Crippen LogP) is 4.42. The van der Waals surface area contributed by atoms with Crippen LogP contribution in [0.4, 0.5) is 40.8 Å². The molecule has 0 unspecified atom stereocenters. The Kier molecular flexibility index (Phi) is 5.51. The molecule has 1 aromatic heterocycles. The number of aryl methyl sites for hydroxylation is 1. The van der Waals surface area contributed by atoms with Crippen LogP contribution in [0, 0.1) is 6.92 Å². The third kappa shape index (κ3) is 4.82. The van der Waals surface area contributed by atoms with Crippen LogP contribution in [-0.4, -0.2) is 20.2 Å². The van der Waals surface area contributed by atoms with Gasteiger partial charge in [-0.05, 0) is 30.3 Å². The van der Waals surface area contributed by atoms with Crippen LogP contribution in [0.3, 0.4) is 0 Å². The third-order valence-electron chi connectivity index (χ3n) is 3.14. The summed E-state index contributed by atoms with van der Waals surface area (Å²) < 4.78 is 136. The maximum absolute atomic E-state index is 12.9. The molecule has 28 heavy (non-hydrogen) atoms. The molecular formula is C13H8F8N2O4S. The van der Waals surface area contributed by atoms with E-state index >= 15 is 0 Å². The van der Waals surface area contributed by atoms with E-state index < -0.39 is 62.3 Å². The van der Waals surface area contributed by atoms with Crippen molar-refractivity contribution >= 4 is 15.7 Å². The maximum atomic E-state index is 12.9. The van der Waals surface area contributed by atoms with Gasteiger partial charge in [-0.2, -0.15) is 35.1 Å². The van der Waals surface area contributed by atoms with Gasteiger partial charge in [-0.25, -0.2) is 8.42 Å². The van der Waals surface area contributed by atoms with Crippen LogP contribution in [0.1, 0.15) is 16.9 Å². The van der Waals surface area contributed by atoms with E-state index in [1.165, 1.54) is 4.72 Å². The Bertz CT molecular complexity index is 934. The Labute approximate surface area is 151 Å². The molecule has 0 radical (unpaired) electrons. The molecular weight excluding hydrogens is 432 g/mol. The fourth-order valence-electron chi connectivity index (χ4n) is 1.91. The lowest BCUT2D eigenvalue weighted by Gasteiger charge is -2.15. The van der Waals surface area contributed by atoms with Crippen LogP contribution in [0.15, 0.2) is 27.6 Å². The first-order valence-corrected chi connectivity index (χ1v) is 8.33. The summed E-state index contributed by atoms with van der Waals surface area (Å²) in [5.74, 6) is -1.48. The molecule has 1 N–H and O–H groups in total. The van der Waals surface area contributed by atoms with Gasteiger partial charge in [0.2, 0.25) is 0 Å². The van der Waals surface area contributed by atoms with Crippen LogP contribution in [-0.2, 0) is 22.4 Å². The molecule has 0 aliphatic heterocycles. The van der Waals surface area contributed by atoms with Crippen LogP contribution in [0.5, 0.6) is 5.88 Å². The Morgan fingerprint density at radius 1 is 1.04 bits per heavy atom. The number of alkyl halides is 8. The van der Waals surface area contributed by atoms with Gasteiger partial charge < -0.3 is 9.26 Å². The quantitative estimate of drug-likeness (QED) is 0.697. The average Bonchev–Trinajstić information content (AvgIpc) is 2.85. The van der Waals surface area contributed by atoms with E-state index in [4.69, 9.17) is 0 Å². The van der Waals surface area contributed by atoms with Crippen LogP contribution in [0.2, 0.25) is 0 Å². The summed E-state index contributed by atoms with van der Waals surface area (Å²) in [4.78, 5) is -1.42. The smallest absolute Gasteiger partial charge is 0.412 e. The molecule has 15 heteroatoms. The van der Waals surface area contributed by atoms with Crippen molar-refractivity contribution in [3.05, 3.63) is 35.1 Å². The fraction of sp³-hybridized carbons (Fsp3) is 0.308. The Hall–Kier alpha value is -2.58. The van der Waals surface area contributed by atoms with Gasteiger partial charge in [-0.1, -0.05) is 0 Å². The number of hydrogen-bond donors (Lipinski definition) is 1. The molecule has 0 aliphatic rings. The number of hydrogen-bond acceptors (Lipinski definition) is 5. The number of halogens is 8. The lowest BCUT2D eigenvalue weighted by atomic mass is 10.1. The van der Waals surface area contributed by atoms with E-state index in [-0.39, 0.29) is 18.2 Å². The molecule has 0 fully saturated rings. The minimum atomic E-state index is -5.29. The Morgan fingerprint density at radius 2 is 1.54 bits per heavy atom. The number of anilines is 1. The second kappa shape index (κ2) is 7.10. The minimum absolute atomic E-state index is 0.0476. The fourth-order valence-corrected chi connectivity index (χ4v) is 3.09. The molecule has 0 spiro atoms. The monoisotopic (exact) mass is 440 g/mol. The molecule has 0 saturated heterocycles. The van der Waals surface area contributed by atoms with Gasteiger partial charge in [-0.3, -0.25) is 4.72 Å².